The first-order chi connectivity index (χ1) is 11.5. The highest BCUT2D eigenvalue weighted by molar-refractivity contribution is 5.93. The van der Waals surface area contributed by atoms with Gasteiger partial charge in [-0.2, -0.15) is 0 Å². The summed E-state index contributed by atoms with van der Waals surface area (Å²) in [6.45, 7) is 5.77. The molecule has 24 heavy (non-hydrogen) atoms. The number of hydrogen-bond acceptors (Lipinski definition) is 3. The van der Waals surface area contributed by atoms with Gasteiger partial charge in [-0.15, -0.1) is 0 Å². The Morgan fingerprint density at radius 2 is 1.67 bits per heavy atom. The fraction of sp³-hybridized carbons (Fsp3) is 0.263. The van der Waals surface area contributed by atoms with E-state index in [0.717, 1.165) is 16.9 Å². The third-order valence-corrected chi connectivity index (χ3v) is 3.61. The molecule has 0 aromatic heterocycles. The fourth-order valence-corrected chi connectivity index (χ4v) is 2.24. The number of carbonyl (C=O) groups excluding carboxylic acids is 2. The molecular weight excluding hydrogens is 304 g/mol. The Kier molecular flexibility index (Phi) is 5.95. The molecule has 2 rings (SSSR count). The Morgan fingerprint density at radius 1 is 1.00 bits per heavy atom. The van der Waals surface area contributed by atoms with E-state index in [1.54, 1.807) is 24.3 Å². The Balaban J connectivity index is 1.85. The van der Waals surface area contributed by atoms with Crippen LogP contribution in [0.5, 0.6) is 5.75 Å². The molecule has 5 heteroatoms. The maximum absolute atomic E-state index is 12.0. The molecule has 0 bridgehead atoms. The number of carbonyl (C=O) groups is 2. The molecule has 0 spiro atoms. The molecule has 0 aliphatic heterocycles. The predicted molar refractivity (Wildman–Crippen MR) is 95.4 cm³/mol. The van der Waals surface area contributed by atoms with Gasteiger partial charge in [0.05, 0.1) is 13.0 Å². The van der Waals surface area contributed by atoms with Crippen molar-refractivity contribution in [2.45, 2.75) is 27.2 Å². The second-order valence-corrected chi connectivity index (χ2v) is 5.61. The Labute approximate surface area is 142 Å². The summed E-state index contributed by atoms with van der Waals surface area (Å²) in [5, 5.41) is 5.48. The van der Waals surface area contributed by atoms with Crippen LogP contribution in [0.4, 0.5) is 11.4 Å². The van der Waals surface area contributed by atoms with E-state index in [9.17, 15) is 9.59 Å². The highest BCUT2D eigenvalue weighted by atomic mass is 16.5. The van der Waals surface area contributed by atoms with Gasteiger partial charge in [0.1, 0.15) is 5.75 Å². The standard InChI is InChI=1S/C19H22N2O3/c1-13-6-4-9-18(14(13)2)24-11-10-19(23)21-17-8-5-7-16(12-17)20-15(3)22/h4-9,12H,10-11H2,1-3H3,(H,20,22)(H,21,23). The zero-order valence-corrected chi connectivity index (χ0v) is 14.2. The van der Waals surface area contributed by atoms with Gasteiger partial charge in [-0.1, -0.05) is 18.2 Å². The van der Waals surface area contributed by atoms with Crippen molar-refractivity contribution in [2.24, 2.45) is 0 Å². The molecular formula is C19H22N2O3. The van der Waals surface area contributed by atoms with Gasteiger partial charge in [0.25, 0.3) is 0 Å². The average molecular weight is 326 g/mol. The minimum atomic E-state index is -0.152. The number of aryl methyl sites for hydroxylation is 1. The highest BCUT2D eigenvalue weighted by Crippen LogP contribution is 2.20. The summed E-state index contributed by atoms with van der Waals surface area (Å²) in [7, 11) is 0. The molecule has 126 valence electrons. The second-order valence-electron chi connectivity index (χ2n) is 5.61. The summed E-state index contributed by atoms with van der Waals surface area (Å²) >= 11 is 0. The van der Waals surface area contributed by atoms with Crippen LogP contribution in [0.25, 0.3) is 0 Å². The van der Waals surface area contributed by atoms with Gasteiger partial charge in [0.15, 0.2) is 0 Å². The molecule has 5 nitrogen and oxygen atoms in total. The number of hydrogen-bond donors (Lipinski definition) is 2. The topological polar surface area (TPSA) is 67.4 Å². The molecule has 0 heterocycles. The van der Waals surface area contributed by atoms with E-state index in [4.69, 9.17) is 4.74 Å². The lowest BCUT2D eigenvalue weighted by atomic mass is 10.1. The van der Waals surface area contributed by atoms with E-state index in [0.29, 0.717) is 18.0 Å². The van der Waals surface area contributed by atoms with E-state index in [-0.39, 0.29) is 18.2 Å². The zero-order chi connectivity index (χ0) is 17.5. The maximum Gasteiger partial charge on any atom is 0.227 e. The van der Waals surface area contributed by atoms with Crippen LogP contribution in [-0.4, -0.2) is 18.4 Å². The molecule has 2 N–H and O–H groups in total. The monoisotopic (exact) mass is 326 g/mol. The third kappa shape index (κ3) is 5.12. The summed E-state index contributed by atoms with van der Waals surface area (Å²) in [4.78, 5) is 23.1. The number of ether oxygens (including phenoxy) is 1. The fourth-order valence-electron chi connectivity index (χ4n) is 2.24. The summed E-state index contributed by atoms with van der Waals surface area (Å²) in [5.41, 5.74) is 3.53. The Morgan fingerprint density at radius 3 is 2.38 bits per heavy atom. The molecule has 0 atom stereocenters. The van der Waals surface area contributed by atoms with E-state index >= 15 is 0 Å². The summed E-state index contributed by atoms with van der Waals surface area (Å²) in [5.74, 6) is 0.510. The van der Waals surface area contributed by atoms with Crippen LogP contribution in [0.2, 0.25) is 0 Å². The molecule has 2 aromatic rings. The number of rotatable bonds is 6. The summed E-state index contributed by atoms with van der Waals surface area (Å²) < 4.78 is 5.68. The van der Waals surface area contributed by atoms with Crippen LogP contribution in [0, 0.1) is 13.8 Å². The average Bonchev–Trinajstić information content (AvgIpc) is 2.51. The lowest BCUT2D eigenvalue weighted by Gasteiger charge is -2.11. The van der Waals surface area contributed by atoms with Crippen LogP contribution in [0.3, 0.4) is 0 Å². The van der Waals surface area contributed by atoms with Crippen LogP contribution >= 0.6 is 0 Å². The van der Waals surface area contributed by atoms with Crippen molar-refractivity contribution in [3.63, 3.8) is 0 Å². The largest absolute Gasteiger partial charge is 0.493 e. The molecule has 0 saturated heterocycles. The predicted octanol–water partition coefficient (Wildman–Crippen LogP) is 3.67. The number of benzene rings is 2. The molecule has 0 radical (unpaired) electrons. The van der Waals surface area contributed by atoms with Gasteiger partial charge in [-0.05, 0) is 49.2 Å². The lowest BCUT2D eigenvalue weighted by molar-refractivity contribution is -0.116. The maximum atomic E-state index is 12.0. The highest BCUT2D eigenvalue weighted by Gasteiger charge is 2.06. The molecule has 2 amide bonds. The zero-order valence-electron chi connectivity index (χ0n) is 14.2. The van der Waals surface area contributed by atoms with Gasteiger partial charge < -0.3 is 15.4 Å². The Hall–Kier alpha value is -2.82. The summed E-state index contributed by atoms with van der Waals surface area (Å²) in [6, 6.07) is 12.9. The molecule has 0 unspecified atom stereocenters. The molecule has 0 fully saturated rings. The van der Waals surface area contributed by atoms with E-state index in [2.05, 4.69) is 10.6 Å². The van der Waals surface area contributed by atoms with E-state index < -0.39 is 0 Å². The molecule has 2 aromatic carbocycles. The first kappa shape index (κ1) is 17.5. The van der Waals surface area contributed by atoms with Gasteiger partial charge in [0.2, 0.25) is 11.8 Å². The van der Waals surface area contributed by atoms with Gasteiger partial charge in [0, 0.05) is 18.3 Å². The lowest BCUT2D eigenvalue weighted by Crippen LogP contribution is -2.15. The second kappa shape index (κ2) is 8.15. The SMILES string of the molecule is CC(=O)Nc1cccc(NC(=O)CCOc2cccc(C)c2C)c1. The smallest absolute Gasteiger partial charge is 0.227 e. The normalized spacial score (nSPS) is 10.1. The minimum absolute atomic E-state index is 0.139. The summed E-state index contributed by atoms with van der Waals surface area (Å²) in [6.07, 6.45) is 0.248. The van der Waals surface area contributed by atoms with Crippen molar-refractivity contribution < 1.29 is 14.3 Å². The van der Waals surface area contributed by atoms with Crippen molar-refractivity contribution in [1.82, 2.24) is 0 Å². The van der Waals surface area contributed by atoms with Gasteiger partial charge >= 0.3 is 0 Å². The minimum Gasteiger partial charge on any atom is -0.493 e. The van der Waals surface area contributed by atoms with Crippen LogP contribution < -0.4 is 15.4 Å². The van der Waals surface area contributed by atoms with E-state index in [1.165, 1.54) is 6.92 Å². The van der Waals surface area contributed by atoms with Crippen molar-refractivity contribution in [1.29, 1.82) is 0 Å². The van der Waals surface area contributed by atoms with Crippen LogP contribution in [0.1, 0.15) is 24.5 Å². The molecule has 0 aliphatic rings. The number of anilines is 2. The van der Waals surface area contributed by atoms with Crippen molar-refractivity contribution in [3.8, 4) is 5.75 Å². The third-order valence-electron chi connectivity index (χ3n) is 3.61. The van der Waals surface area contributed by atoms with Gasteiger partial charge in [-0.25, -0.2) is 0 Å². The Bertz CT molecular complexity index is 741. The van der Waals surface area contributed by atoms with Crippen LogP contribution in [-0.2, 0) is 9.59 Å². The first-order valence-corrected chi connectivity index (χ1v) is 7.82. The van der Waals surface area contributed by atoms with E-state index in [1.807, 2.05) is 32.0 Å². The molecule has 0 saturated carbocycles. The van der Waals surface area contributed by atoms with Crippen molar-refractivity contribution in [3.05, 3.63) is 53.6 Å². The number of nitrogens with one attached hydrogen (secondary N) is 2. The van der Waals surface area contributed by atoms with Crippen molar-refractivity contribution >= 4 is 23.2 Å². The van der Waals surface area contributed by atoms with Crippen molar-refractivity contribution in [2.75, 3.05) is 17.2 Å². The van der Waals surface area contributed by atoms with Gasteiger partial charge in [-0.3, -0.25) is 9.59 Å². The van der Waals surface area contributed by atoms with Crippen LogP contribution in [0.15, 0.2) is 42.5 Å². The number of amides is 2. The first-order valence-electron chi connectivity index (χ1n) is 7.82. The quantitative estimate of drug-likeness (QED) is 0.851. The molecule has 0 aliphatic carbocycles.